The molecule has 1 aromatic carbocycles. The van der Waals surface area contributed by atoms with Crippen LogP contribution >= 0.6 is 0 Å². The predicted molar refractivity (Wildman–Crippen MR) is 55.6 cm³/mol. The van der Waals surface area contributed by atoms with Crippen LogP contribution in [0.1, 0.15) is 16.8 Å². The number of hydrogen-bond acceptors (Lipinski definition) is 3. The number of benzene rings is 1. The molecule has 0 radical (unpaired) electrons. The molecule has 0 unspecified atom stereocenters. The van der Waals surface area contributed by atoms with Crippen LogP contribution in [0.25, 0.3) is 0 Å². The van der Waals surface area contributed by atoms with Gasteiger partial charge in [0.15, 0.2) is 0 Å². The molecule has 0 fully saturated rings. The zero-order chi connectivity index (χ0) is 10.2. The Labute approximate surface area is 83.5 Å². The average molecular weight is 193 g/mol. The first-order chi connectivity index (χ1) is 6.84. The minimum Gasteiger partial charge on any atom is -0.330 e. The Balaban J connectivity index is 2.29. The molecule has 0 saturated heterocycles. The van der Waals surface area contributed by atoms with Crippen molar-refractivity contribution < 1.29 is 4.79 Å². The monoisotopic (exact) mass is 193 g/mol. The van der Waals surface area contributed by atoms with Crippen LogP contribution in [-0.4, -0.2) is 19.0 Å². The van der Waals surface area contributed by atoms with Gasteiger partial charge in [-0.15, -0.1) is 0 Å². The first-order valence-corrected chi connectivity index (χ1v) is 4.63. The Bertz CT molecular complexity index is 274. The van der Waals surface area contributed by atoms with Gasteiger partial charge in [0, 0.05) is 12.1 Å². The van der Waals surface area contributed by atoms with Gasteiger partial charge >= 0.3 is 0 Å². The number of nitrogens with two attached hydrogens (primary N) is 1. The van der Waals surface area contributed by atoms with Crippen molar-refractivity contribution in [2.24, 2.45) is 5.73 Å². The quantitative estimate of drug-likeness (QED) is 0.464. The molecule has 1 aromatic rings. The lowest BCUT2D eigenvalue weighted by Crippen LogP contribution is -2.38. The SMILES string of the molecule is NCCCNNC(=O)c1ccccc1. The van der Waals surface area contributed by atoms with Crippen LogP contribution in [-0.2, 0) is 0 Å². The van der Waals surface area contributed by atoms with Crippen molar-refractivity contribution in [1.82, 2.24) is 10.9 Å². The standard InChI is InChI=1S/C10H15N3O/c11-7-4-8-12-13-10(14)9-5-2-1-3-6-9/h1-3,5-6,12H,4,7-8,11H2,(H,13,14). The highest BCUT2D eigenvalue weighted by Crippen LogP contribution is 1.96. The average Bonchev–Trinajstić information content (AvgIpc) is 2.25. The van der Waals surface area contributed by atoms with Crippen molar-refractivity contribution in [3.63, 3.8) is 0 Å². The largest absolute Gasteiger partial charge is 0.330 e. The third-order valence-corrected chi connectivity index (χ3v) is 1.74. The van der Waals surface area contributed by atoms with Crippen molar-refractivity contribution in [2.45, 2.75) is 6.42 Å². The second kappa shape index (κ2) is 6.12. The van der Waals surface area contributed by atoms with E-state index in [9.17, 15) is 4.79 Å². The molecule has 0 atom stereocenters. The van der Waals surface area contributed by atoms with E-state index in [4.69, 9.17) is 5.73 Å². The Morgan fingerprint density at radius 1 is 1.29 bits per heavy atom. The van der Waals surface area contributed by atoms with Gasteiger partial charge in [-0.3, -0.25) is 10.2 Å². The fraction of sp³-hybridized carbons (Fsp3) is 0.300. The van der Waals surface area contributed by atoms with E-state index < -0.39 is 0 Å². The van der Waals surface area contributed by atoms with Gasteiger partial charge in [-0.25, -0.2) is 5.43 Å². The van der Waals surface area contributed by atoms with E-state index in [1.165, 1.54) is 0 Å². The fourth-order valence-corrected chi connectivity index (χ4v) is 0.995. The van der Waals surface area contributed by atoms with Gasteiger partial charge in [0.05, 0.1) is 0 Å². The summed E-state index contributed by atoms with van der Waals surface area (Å²) in [6.45, 7) is 1.31. The summed E-state index contributed by atoms with van der Waals surface area (Å²) in [6, 6.07) is 9.06. The van der Waals surface area contributed by atoms with E-state index in [0.717, 1.165) is 6.42 Å². The van der Waals surface area contributed by atoms with Gasteiger partial charge in [-0.1, -0.05) is 18.2 Å². The molecule has 4 nitrogen and oxygen atoms in total. The maximum Gasteiger partial charge on any atom is 0.265 e. The topological polar surface area (TPSA) is 67.2 Å². The summed E-state index contributed by atoms with van der Waals surface area (Å²) in [5.74, 6) is -0.123. The van der Waals surface area contributed by atoms with E-state index in [0.29, 0.717) is 18.7 Å². The maximum absolute atomic E-state index is 11.4. The van der Waals surface area contributed by atoms with Gasteiger partial charge < -0.3 is 5.73 Å². The first-order valence-electron chi connectivity index (χ1n) is 4.63. The maximum atomic E-state index is 11.4. The molecule has 0 aliphatic rings. The van der Waals surface area contributed by atoms with E-state index in [1.807, 2.05) is 18.2 Å². The summed E-state index contributed by atoms with van der Waals surface area (Å²) in [5.41, 5.74) is 11.3. The minimum atomic E-state index is -0.123. The smallest absolute Gasteiger partial charge is 0.265 e. The molecule has 0 bridgehead atoms. The third kappa shape index (κ3) is 3.55. The van der Waals surface area contributed by atoms with Gasteiger partial charge in [0.1, 0.15) is 0 Å². The lowest BCUT2D eigenvalue weighted by atomic mass is 10.2. The van der Waals surface area contributed by atoms with E-state index in [-0.39, 0.29) is 5.91 Å². The van der Waals surface area contributed by atoms with Crippen LogP contribution in [0, 0.1) is 0 Å². The molecular weight excluding hydrogens is 178 g/mol. The van der Waals surface area contributed by atoms with Gasteiger partial charge in [0.2, 0.25) is 0 Å². The predicted octanol–water partition coefficient (Wildman–Crippen LogP) is 0.270. The van der Waals surface area contributed by atoms with Crippen molar-refractivity contribution in [1.29, 1.82) is 0 Å². The highest BCUT2D eigenvalue weighted by molar-refractivity contribution is 5.93. The molecular formula is C10H15N3O. The normalized spacial score (nSPS) is 9.79. The first kappa shape index (κ1) is 10.7. The highest BCUT2D eigenvalue weighted by Gasteiger charge is 2.01. The van der Waals surface area contributed by atoms with Gasteiger partial charge in [-0.2, -0.15) is 0 Å². The Morgan fingerprint density at radius 3 is 2.64 bits per heavy atom. The third-order valence-electron chi connectivity index (χ3n) is 1.74. The molecule has 0 aliphatic carbocycles. The Morgan fingerprint density at radius 2 is 2.00 bits per heavy atom. The summed E-state index contributed by atoms with van der Waals surface area (Å²) in [7, 11) is 0. The van der Waals surface area contributed by atoms with Crippen LogP contribution in [0.2, 0.25) is 0 Å². The molecule has 1 rings (SSSR count). The molecule has 0 aliphatic heterocycles. The molecule has 14 heavy (non-hydrogen) atoms. The van der Waals surface area contributed by atoms with Crippen LogP contribution in [0.3, 0.4) is 0 Å². The second-order valence-electron chi connectivity index (χ2n) is 2.89. The summed E-state index contributed by atoms with van der Waals surface area (Å²) in [4.78, 5) is 11.4. The van der Waals surface area contributed by atoms with Gasteiger partial charge in [0.25, 0.3) is 5.91 Å². The lowest BCUT2D eigenvalue weighted by Gasteiger charge is -2.05. The summed E-state index contributed by atoms with van der Waals surface area (Å²) in [5, 5.41) is 0. The van der Waals surface area contributed by atoms with E-state index in [1.54, 1.807) is 12.1 Å². The minimum absolute atomic E-state index is 0.123. The van der Waals surface area contributed by atoms with Crippen molar-refractivity contribution in [3.8, 4) is 0 Å². The fourth-order valence-electron chi connectivity index (χ4n) is 0.995. The van der Waals surface area contributed by atoms with E-state index >= 15 is 0 Å². The van der Waals surface area contributed by atoms with Crippen molar-refractivity contribution in [3.05, 3.63) is 35.9 Å². The van der Waals surface area contributed by atoms with Crippen LogP contribution in [0.4, 0.5) is 0 Å². The van der Waals surface area contributed by atoms with Crippen molar-refractivity contribution in [2.75, 3.05) is 13.1 Å². The van der Waals surface area contributed by atoms with Crippen LogP contribution in [0.5, 0.6) is 0 Å². The molecule has 76 valence electrons. The summed E-state index contributed by atoms with van der Waals surface area (Å²) < 4.78 is 0. The lowest BCUT2D eigenvalue weighted by molar-refractivity contribution is 0.0933. The van der Waals surface area contributed by atoms with Crippen molar-refractivity contribution >= 4 is 5.91 Å². The number of carbonyl (C=O) groups is 1. The highest BCUT2D eigenvalue weighted by atomic mass is 16.2. The number of nitrogens with one attached hydrogen (secondary N) is 2. The molecule has 4 heteroatoms. The van der Waals surface area contributed by atoms with Crippen LogP contribution < -0.4 is 16.6 Å². The molecule has 0 spiro atoms. The molecule has 0 aromatic heterocycles. The second-order valence-corrected chi connectivity index (χ2v) is 2.89. The number of amides is 1. The Hall–Kier alpha value is -1.39. The molecule has 0 saturated carbocycles. The van der Waals surface area contributed by atoms with E-state index in [2.05, 4.69) is 10.9 Å². The Kier molecular flexibility index (Phi) is 4.68. The number of hydrazine groups is 1. The number of carbonyl (C=O) groups excluding carboxylic acids is 1. The molecule has 4 N–H and O–H groups in total. The summed E-state index contributed by atoms with van der Waals surface area (Å²) in [6.07, 6.45) is 0.842. The number of hydrogen-bond donors (Lipinski definition) is 3. The zero-order valence-electron chi connectivity index (χ0n) is 7.99. The molecule has 1 amide bonds. The summed E-state index contributed by atoms with van der Waals surface area (Å²) >= 11 is 0. The zero-order valence-corrected chi connectivity index (χ0v) is 7.99. The number of rotatable bonds is 5. The van der Waals surface area contributed by atoms with Crippen LogP contribution in [0.15, 0.2) is 30.3 Å². The van der Waals surface area contributed by atoms with Gasteiger partial charge in [-0.05, 0) is 25.1 Å². The molecule has 0 heterocycles.